The largest absolute Gasteiger partial charge is 0.342 e. The topological polar surface area (TPSA) is 46.4 Å². The molecule has 0 fully saturated rings. The van der Waals surface area contributed by atoms with Crippen LogP contribution >= 0.6 is 35.0 Å². The van der Waals surface area contributed by atoms with Crippen LogP contribution < -0.4 is 5.43 Å². The molecule has 5 aromatic rings. The Labute approximate surface area is 217 Å². The lowest BCUT2D eigenvalue weighted by atomic mass is 10.1. The van der Waals surface area contributed by atoms with Gasteiger partial charge in [0, 0.05) is 44.1 Å². The molecule has 0 aliphatic heterocycles. The number of amides is 1. The van der Waals surface area contributed by atoms with Gasteiger partial charge in [0.1, 0.15) is 0 Å². The minimum atomic E-state index is -0.157. The molecule has 7 heteroatoms. The summed E-state index contributed by atoms with van der Waals surface area (Å²) in [7, 11) is 0. The van der Waals surface area contributed by atoms with Gasteiger partial charge in [-0.1, -0.05) is 83.9 Å². The zero-order chi connectivity index (χ0) is 24.2. The van der Waals surface area contributed by atoms with Gasteiger partial charge in [-0.25, -0.2) is 5.43 Å². The summed E-state index contributed by atoms with van der Waals surface area (Å²) >= 11 is 13.9. The zero-order valence-corrected chi connectivity index (χ0v) is 20.9. The molecule has 0 unspecified atom stereocenters. The van der Waals surface area contributed by atoms with Crippen molar-refractivity contribution >= 4 is 68.8 Å². The second-order valence-electron chi connectivity index (χ2n) is 8.02. The number of carbonyl (C=O) groups excluding carboxylic acids is 1. The Balaban J connectivity index is 1.28. The van der Waals surface area contributed by atoms with Crippen molar-refractivity contribution in [2.75, 3.05) is 5.75 Å². The fourth-order valence-corrected chi connectivity index (χ4v) is 5.35. The van der Waals surface area contributed by atoms with Crippen LogP contribution in [-0.4, -0.2) is 22.4 Å². The van der Waals surface area contributed by atoms with Crippen molar-refractivity contribution in [1.82, 2.24) is 9.99 Å². The minimum Gasteiger partial charge on any atom is -0.342 e. The van der Waals surface area contributed by atoms with Crippen LogP contribution in [0.3, 0.4) is 0 Å². The van der Waals surface area contributed by atoms with E-state index in [1.807, 2.05) is 60.8 Å². The first-order valence-electron chi connectivity index (χ1n) is 11.0. The van der Waals surface area contributed by atoms with Crippen molar-refractivity contribution in [3.05, 3.63) is 112 Å². The fraction of sp³-hybridized carbons (Fsp3) is 0.0714. The van der Waals surface area contributed by atoms with Gasteiger partial charge in [-0.05, 0) is 40.6 Å². The number of thioether (sulfide) groups is 1. The molecular formula is C28H21Cl2N3OS. The molecule has 0 radical (unpaired) electrons. The minimum absolute atomic E-state index is 0.157. The van der Waals surface area contributed by atoms with Gasteiger partial charge in [0.25, 0.3) is 0 Å². The second kappa shape index (κ2) is 10.6. The molecule has 1 heterocycles. The molecule has 35 heavy (non-hydrogen) atoms. The van der Waals surface area contributed by atoms with Crippen LogP contribution in [0.4, 0.5) is 0 Å². The maximum Gasteiger partial charge on any atom is 0.250 e. The summed E-state index contributed by atoms with van der Waals surface area (Å²) in [6.07, 6.45) is 3.69. The summed E-state index contributed by atoms with van der Waals surface area (Å²) in [5.41, 5.74) is 5.59. The van der Waals surface area contributed by atoms with Crippen molar-refractivity contribution in [1.29, 1.82) is 0 Å². The van der Waals surface area contributed by atoms with Crippen LogP contribution in [0.25, 0.3) is 21.7 Å². The Hall–Kier alpha value is -3.25. The highest BCUT2D eigenvalue weighted by Crippen LogP contribution is 2.28. The van der Waals surface area contributed by atoms with E-state index in [2.05, 4.69) is 39.4 Å². The van der Waals surface area contributed by atoms with Gasteiger partial charge in [0.2, 0.25) is 5.91 Å². The summed E-state index contributed by atoms with van der Waals surface area (Å²) in [6, 6.07) is 27.9. The summed E-state index contributed by atoms with van der Waals surface area (Å²) in [6.45, 7) is 0.596. The number of hydrogen-bond acceptors (Lipinski definition) is 3. The van der Waals surface area contributed by atoms with Crippen LogP contribution in [0.5, 0.6) is 0 Å². The Morgan fingerprint density at radius 1 is 0.943 bits per heavy atom. The second-order valence-corrected chi connectivity index (χ2v) is 9.89. The molecule has 1 amide bonds. The van der Waals surface area contributed by atoms with Crippen LogP contribution in [0.2, 0.25) is 10.0 Å². The van der Waals surface area contributed by atoms with Gasteiger partial charge in [-0.3, -0.25) is 4.79 Å². The zero-order valence-electron chi connectivity index (χ0n) is 18.6. The lowest BCUT2D eigenvalue weighted by Gasteiger charge is -2.08. The SMILES string of the molecule is O=C(CSc1cccc2ccccc12)NN=Cc1cn(Cc2ccc(Cl)cc2Cl)c2ccccc12. The third-order valence-corrected chi connectivity index (χ3v) is 7.34. The van der Waals surface area contributed by atoms with Crippen molar-refractivity contribution in [3.8, 4) is 0 Å². The van der Waals surface area contributed by atoms with Gasteiger partial charge >= 0.3 is 0 Å². The van der Waals surface area contributed by atoms with Gasteiger partial charge in [-0.2, -0.15) is 5.10 Å². The number of halogens is 2. The van der Waals surface area contributed by atoms with E-state index in [0.29, 0.717) is 16.6 Å². The number of rotatable bonds is 7. The molecule has 1 aromatic heterocycles. The molecule has 174 valence electrons. The monoisotopic (exact) mass is 517 g/mol. The predicted molar refractivity (Wildman–Crippen MR) is 148 cm³/mol. The average molecular weight is 518 g/mol. The van der Waals surface area contributed by atoms with E-state index in [-0.39, 0.29) is 11.7 Å². The van der Waals surface area contributed by atoms with Crippen molar-refractivity contribution in [2.45, 2.75) is 11.4 Å². The van der Waals surface area contributed by atoms with Crippen LogP contribution in [0.15, 0.2) is 101 Å². The van der Waals surface area contributed by atoms with Gasteiger partial charge in [0.15, 0.2) is 0 Å². The first kappa shape index (κ1) is 23.5. The predicted octanol–water partition coefficient (Wildman–Crippen LogP) is 7.39. The number of benzene rings is 4. The van der Waals surface area contributed by atoms with Crippen molar-refractivity contribution < 1.29 is 4.79 Å². The molecule has 0 atom stereocenters. The van der Waals surface area contributed by atoms with Gasteiger partial charge in [-0.15, -0.1) is 11.8 Å². The molecule has 5 rings (SSSR count). The number of hydrogen-bond donors (Lipinski definition) is 1. The number of para-hydroxylation sites is 1. The van der Waals surface area contributed by atoms with Crippen LogP contribution in [-0.2, 0) is 11.3 Å². The van der Waals surface area contributed by atoms with Crippen LogP contribution in [0.1, 0.15) is 11.1 Å². The highest BCUT2D eigenvalue weighted by atomic mass is 35.5. The Morgan fingerprint density at radius 2 is 1.71 bits per heavy atom. The van der Waals surface area contributed by atoms with Crippen molar-refractivity contribution in [2.24, 2.45) is 5.10 Å². The fourth-order valence-electron chi connectivity index (χ4n) is 4.01. The van der Waals surface area contributed by atoms with Crippen LogP contribution in [0, 0.1) is 0 Å². The first-order chi connectivity index (χ1) is 17.1. The molecule has 1 N–H and O–H groups in total. The highest BCUT2D eigenvalue weighted by molar-refractivity contribution is 8.00. The van der Waals surface area contributed by atoms with E-state index in [1.165, 1.54) is 11.8 Å². The quantitative estimate of drug-likeness (QED) is 0.139. The summed E-state index contributed by atoms with van der Waals surface area (Å²) in [5.74, 6) is 0.123. The highest BCUT2D eigenvalue weighted by Gasteiger charge is 2.10. The summed E-state index contributed by atoms with van der Waals surface area (Å²) < 4.78 is 2.12. The molecule has 0 aliphatic carbocycles. The number of carbonyl (C=O) groups is 1. The molecular weight excluding hydrogens is 497 g/mol. The molecule has 0 bridgehead atoms. The number of nitrogens with zero attached hydrogens (tertiary/aromatic N) is 2. The Bertz CT molecular complexity index is 1560. The lowest BCUT2D eigenvalue weighted by Crippen LogP contribution is -2.19. The maximum absolute atomic E-state index is 12.4. The maximum atomic E-state index is 12.4. The number of nitrogens with one attached hydrogen (secondary N) is 1. The number of fused-ring (bicyclic) bond motifs is 2. The molecule has 0 saturated carbocycles. The molecule has 0 saturated heterocycles. The summed E-state index contributed by atoms with van der Waals surface area (Å²) in [4.78, 5) is 13.5. The molecule has 4 aromatic carbocycles. The standard InChI is InChI=1S/C28H21Cl2N3OS/c29-22-13-12-20(25(30)14-22)16-33-17-21(23-8-3-4-10-26(23)33)15-31-32-28(34)18-35-27-11-5-7-19-6-1-2-9-24(19)27/h1-15,17H,16,18H2,(H,32,34). The molecule has 0 aliphatic rings. The smallest absolute Gasteiger partial charge is 0.250 e. The molecule has 4 nitrogen and oxygen atoms in total. The van der Waals surface area contributed by atoms with E-state index in [1.54, 1.807) is 12.3 Å². The average Bonchev–Trinajstić information content (AvgIpc) is 3.22. The van der Waals surface area contributed by atoms with E-state index in [0.717, 1.165) is 37.7 Å². The van der Waals surface area contributed by atoms with Gasteiger partial charge < -0.3 is 4.57 Å². The van der Waals surface area contributed by atoms with Gasteiger partial charge in [0.05, 0.1) is 12.0 Å². The molecule has 0 spiro atoms. The first-order valence-corrected chi connectivity index (χ1v) is 12.8. The normalized spacial score (nSPS) is 11.5. The number of hydrazone groups is 1. The number of aromatic nitrogens is 1. The van der Waals surface area contributed by atoms with E-state index >= 15 is 0 Å². The Kier molecular flexibility index (Phi) is 7.09. The van der Waals surface area contributed by atoms with E-state index in [9.17, 15) is 4.79 Å². The Morgan fingerprint density at radius 3 is 2.57 bits per heavy atom. The van der Waals surface area contributed by atoms with E-state index < -0.39 is 0 Å². The van der Waals surface area contributed by atoms with Crippen molar-refractivity contribution in [3.63, 3.8) is 0 Å². The lowest BCUT2D eigenvalue weighted by molar-refractivity contribution is -0.118. The summed E-state index contributed by atoms with van der Waals surface area (Å²) in [5, 5.41) is 8.80. The third-order valence-electron chi connectivity index (χ3n) is 5.68. The third kappa shape index (κ3) is 5.38. The van der Waals surface area contributed by atoms with E-state index in [4.69, 9.17) is 23.2 Å².